The van der Waals surface area contributed by atoms with Crippen LogP contribution in [0.4, 0.5) is 0 Å². The molecule has 3 N–H and O–H groups in total. The molecule has 1 saturated carbocycles. The van der Waals surface area contributed by atoms with E-state index in [0.717, 1.165) is 32.2 Å². The van der Waals surface area contributed by atoms with Crippen LogP contribution in [0.3, 0.4) is 0 Å². The molecule has 0 radical (unpaired) electrons. The van der Waals surface area contributed by atoms with Gasteiger partial charge in [-0.15, -0.1) is 6.42 Å². The van der Waals surface area contributed by atoms with Gasteiger partial charge < -0.3 is 11.1 Å². The van der Waals surface area contributed by atoms with E-state index in [1.165, 1.54) is 0 Å². The van der Waals surface area contributed by atoms with Gasteiger partial charge in [-0.1, -0.05) is 19.8 Å². The average Bonchev–Trinajstić information content (AvgIpc) is 2.35. The van der Waals surface area contributed by atoms with Crippen molar-refractivity contribution >= 4 is 5.91 Å². The fraction of sp³-hybridized carbons (Fsp3) is 0.786. The molecule has 0 bridgehead atoms. The number of terminal acetylenes is 1. The monoisotopic (exact) mass is 236 g/mol. The first kappa shape index (κ1) is 14.1. The molecule has 17 heavy (non-hydrogen) atoms. The van der Waals surface area contributed by atoms with Crippen LogP contribution >= 0.6 is 0 Å². The molecule has 0 heterocycles. The summed E-state index contributed by atoms with van der Waals surface area (Å²) in [5, 5.41) is 2.96. The highest BCUT2D eigenvalue weighted by atomic mass is 16.1. The Morgan fingerprint density at radius 3 is 2.41 bits per heavy atom. The zero-order valence-corrected chi connectivity index (χ0v) is 10.9. The van der Waals surface area contributed by atoms with Gasteiger partial charge in [0.05, 0.1) is 6.04 Å². The summed E-state index contributed by atoms with van der Waals surface area (Å²) in [6, 6.07) is -0.144. The standard InChI is InChI=1S/C14H24N2O/c1-4-13(10(2)3)16-14(17)12-7-5-11(9-15)6-8-12/h1,10-13H,5-9,15H2,2-3H3,(H,16,17). The van der Waals surface area contributed by atoms with Crippen LogP contribution in [0, 0.1) is 30.1 Å². The zero-order valence-electron chi connectivity index (χ0n) is 10.9. The Kier molecular flexibility index (Phi) is 5.50. The molecule has 1 atom stereocenters. The van der Waals surface area contributed by atoms with E-state index in [1.54, 1.807) is 0 Å². The fourth-order valence-corrected chi connectivity index (χ4v) is 2.33. The van der Waals surface area contributed by atoms with Gasteiger partial charge in [0.1, 0.15) is 0 Å². The number of nitrogens with one attached hydrogen (secondary N) is 1. The summed E-state index contributed by atoms with van der Waals surface area (Å²) in [4.78, 5) is 12.0. The van der Waals surface area contributed by atoms with Gasteiger partial charge in [0.2, 0.25) is 5.91 Å². The molecule has 3 heteroatoms. The normalized spacial score (nSPS) is 26.3. The SMILES string of the molecule is C#CC(NC(=O)C1CCC(CN)CC1)C(C)C. The number of nitrogens with two attached hydrogens (primary N) is 1. The van der Waals surface area contributed by atoms with Gasteiger partial charge in [-0.25, -0.2) is 0 Å². The Labute approximate surface area is 105 Å². The minimum atomic E-state index is -0.144. The Bertz CT molecular complexity index is 285. The number of hydrogen-bond donors (Lipinski definition) is 2. The third kappa shape index (κ3) is 4.05. The third-order valence-corrected chi connectivity index (χ3v) is 3.69. The van der Waals surface area contributed by atoms with Crippen LogP contribution in [-0.2, 0) is 4.79 Å². The van der Waals surface area contributed by atoms with E-state index in [0.29, 0.717) is 5.92 Å². The van der Waals surface area contributed by atoms with E-state index in [4.69, 9.17) is 12.2 Å². The van der Waals surface area contributed by atoms with E-state index in [9.17, 15) is 4.79 Å². The smallest absolute Gasteiger partial charge is 0.224 e. The molecule has 0 aromatic rings. The molecular weight excluding hydrogens is 212 g/mol. The minimum Gasteiger partial charge on any atom is -0.342 e. The van der Waals surface area contributed by atoms with E-state index in [-0.39, 0.29) is 23.8 Å². The number of amides is 1. The van der Waals surface area contributed by atoms with Crippen molar-refractivity contribution in [3.05, 3.63) is 0 Å². The first-order valence-electron chi connectivity index (χ1n) is 6.55. The van der Waals surface area contributed by atoms with Gasteiger partial charge in [0.25, 0.3) is 0 Å². The summed E-state index contributed by atoms with van der Waals surface area (Å²) in [5.74, 6) is 3.78. The molecule has 3 nitrogen and oxygen atoms in total. The lowest BCUT2D eigenvalue weighted by atomic mass is 9.81. The summed E-state index contributed by atoms with van der Waals surface area (Å²) >= 11 is 0. The van der Waals surface area contributed by atoms with E-state index < -0.39 is 0 Å². The number of rotatable bonds is 4. The molecule has 1 amide bonds. The highest BCUT2D eigenvalue weighted by molar-refractivity contribution is 5.79. The summed E-state index contributed by atoms with van der Waals surface area (Å²) in [7, 11) is 0. The van der Waals surface area contributed by atoms with Gasteiger partial charge in [-0.3, -0.25) is 4.79 Å². The van der Waals surface area contributed by atoms with Crippen molar-refractivity contribution < 1.29 is 4.79 Å². The molecular formula is C14H24N2O. The van der Waals surface area contributed by atoms with Crippen LogP contribution in [0.2, 0.25) is 0 Å². The second kappa shape index (κ2) is 6.66. The molecule has 96 valence electrons. The lowest BCUT2D eigenvalue weighted by Gasteiger charge is -2.28. The quantitative estimate of drug-likeness (QED) is 0.727. The van der Waals surface area contributed by atoms with Gasteiger partial charge in [0.15, 0.2) is 0 Å². The van der Waals surface area contributed by atoms with Crippen LogP contribution in [0.15, 0.2) is 0 Å². The van der Waals surface area contributed by atoms with Gasteiger partial charge >= 0.3 is 0 Å². The first-order valence-corrected chi connectivity index (χ1v) is 6.55. The maximum absolute atomic E-state index is 12.0. The van der Waals surface area contributed by atoms with Crippen molar-refractivity contribution in [1.82, 2.24) is 5.32 Å². The van der Waals surface area contributed by atoms with Crippen molar-refractivity contribution in [1.29, 1.82) is 0 Å². The molecule has 0 saturated heterocycles. The maximum atomic E-state index is 12.0. The maximum Gasteiger partial charge on any atom is 0.224 e. The molecule has 0 spiro atoms. The van der Waals surface area contributed by atoms with Crippen molar-refractivity contribution in [2.24, 2.45) is 23.5 Å². The van der Waals surface area contributed by atoms with Gasteiger partial charge in [-0.2, -0.15) is 0 Å². The molecule has 1 fully saturated rings. The van der Waals surface area contributed by atoms with E-state index in [1.807, 2.05) is 13.8 Å². The Balaban J connectivity index is 2.41. The van der Waals surface area contributed by atoms with Crippen molar-refractivity contribution in [3.63, 3.8) is 0 Å². The Hall–Kier alpha value is -1.01. The number of carbonyl (C=O) groups is 1. The highest BCUT2D eigenvalue weighted by Crippen LogP contribution is 2.28. The van der Waals surface area contributed by atoms with Gasteiger partial charge in [-0.05, 0) is 44.1 Å². The molecule has 1 aliphatic carbocycles. The highest BCUT2D eigenvalue weighted by Gasteiger charge is 2.27. The average molecular weight is 236 g/mol. The lowest BCUT2D eigenvalue weighted by molar-refractivity contribution is -0.126. The molecule has 0 aromatic heterocycles. The van der Waals surface area contributed by atoms with E-state index in [2.05, 4.69) is 11.2 Å². The minimum absolute atomic E-state index is 0.122. The Morgan fingerprint density at radius 2 is 2.00 bits per heavy atom. The predicted molar refractivity (Wildman–Crippen MR) is 70.1 cm³/mol. The van der Waals surface area contributed by atoms with Crippen LogP contribution in [0.5, 0.6) is 0 Å². The zero-order chi connectivity index (χ0) is 12.8. The van der Waals surface area contributed by atoms with Crippen LogP contribution in [-0.4, -0.2) is 18.5 Å². The molecule has 1 unspecified atom stereocenters. The van der Waals surface area contributed by atoms with E-state index >= 15 is 0 Å². The second-order valence-corrected chi connectivity index (χ2v) is 5.35. The van der Waals surface area contributed by atoms with Crippen molar-refractivity contribution in [2.45, 2.75) is 45.6 Å². The Morgan fingerprint density at radius 1 is 1.41 bits per heavy atom. The van der Waals surface area contributed by atoms with Gasteiger partial charge in [0, 0.05) is 5.92 Å². The molecule has 0 aromatic carbocycles. The predicted octanol–water partition coefficient (Wildman–Crippen LogP) is 1.53. The summed E-state index contributed by atoms with van der Waals surface area (Å²) in [6.07, 6.45) is 9.44. The lowest BCUT2D eigenvalue weighted by Crippen LogP contribution is -2.42. The van der Waals surface area contributed by atoms with Crippen molar-refractivity contribution in [3.8, 4) is 12.3 Å². The summed E-state index contributed by atoms with van der Waals surface area (Å²) < 4.78 is 0. The van der Waals surface area contributed by atoms with Crippen LogP contribution in [0.1, 0.15) is 39.5 Å². The largest absolute Gasteiger partial charge is 0.342 e. The van der Waals surface area contributed by atoms with Crippen LogP contribution in [0.25, 0.3) is 0 Å². The van der Waals surface area contributed by atoms with Crippen molar-refractivity contribution in [2.75, 3.05) is 6.54 Å². The number of carbonyl (C=O) groups excluding carboxylic acids is 1. The second-order valence-electron chi connectivity index (χ2n) is 5.35. The molecule has 0 aliphatic heterocycles. The summed E-state index contributed by atoms with van der Waals surface area (Å²) in [5.41, 5.74) is 5.64. The number of hydrogen-bond acceptors (Lipinski definition) is 2. The molecule has 1 aliphatic rings. The summed E-state index contributed by atoms with van der Waals surface area (Å²) in [6.45, 7) is 4.79. The fourth-order valence-electron chi connectivity index (χ4n) is 2.33. The first-order chi connectivity index (χ1) is 8.08. The molecule has 1 rings (SSSR count). The van der Waals surface area contributed by atoms with Crippen LogP contribution < -0.4 is 11.1 Å². The topological polar surface area (TPSA) is 55.1 Å². The third-order valence-electron chi connectivity index (χ3n) is 3.69.